The van der Waals surface area contributed by atoms with E-state index in [1.807, 2.05) is 11.8 Å². The SMILES string of the molecule is CC(O)C(C)SCC(=O)N1CCOCC1. The summed E-state index contributed by atoms with van der Waals surface area (Å²) in [6, 6.07) is 0. The number of amides is 1. The van der Waals surface area contributed by atoms with Gasteiger partial charge in [-0.05, 0) is 6.92 Å². The van der Waals surface area contributed by atoms with Gasteiger partial charge in [0.1, 0.15) is 0 Å². The number of morpholine rings is 1. The molecule has 0 spiro atoms. The molecule has 1 aliphatic heterocycles. The predicted molar refractivity (Wildman–Crippen MR) is 61.0 cm³/mol. The van der Waals surface area contributed by atoms with E-state index in [2.05, 4.69) is 0 Å². The molecule has 1 amide bonds. The molecule has 0 bridgehead atoms. The predicted octanol–water partition coefficient (Wildman–Crippen LogP) is 0.348. The Morgan fingerprint density at radius 1 is 1.47 bits per heavy atom. The van der Waals surface area contributed by atoms with Gasteiger partial charge in [-0.1, -0.05) is 6.92 Å². The molecule has 1 aliphatic rings. The smallest absolute Gasteiger partial charge is 0.232 e. The average molecular weight is 233 g/mol. The summed E-state index contributed by atoms with van der Waals surface area (Å²) in [5.74, 6) is 0.599. The highest BCUT2D eigenvalue weighted by Crippen LogP contribution is 2.15. The van der Waals surface area contributed by atoms with Crippen LogP contribution in [0.1, 0.15) is 13.8 Å². The highest BCUT2D eigenvalue weighted by atomic mass is 32.2. The number of aliphatic hydroxyl groups excluding tert-OH is 1. The Hall–Kier alpha value is -0.260. The number of thioether (sulfide) groups is 1. The molecular weight excluding hydrogens is 214 g/mol. The minimum Gasteiger partial charge on any atom is -0.392 e. The summed E-state index contributed by atoms with van der Waals surface area (Å²) >= 11 is 1.50. The first-order valence-corrected chi connectivity index (χ1v) is 6.31. The first-order valence-electron chi connectivity index (χ1n) is 5.26. The van der Waals surface area contributed by atoms with Crippen molar-refractivity contribution in [2.75, 3.05) is 32.1 Å². The lowest BCUT2D eigenvalue weighted by Crippen LogP contribution is -2.41. The van der Waals surface area contributed by atoms with E-state index in [-0.39, 0.29) is 17.3 Å². The van der Waals surface area contributed by atoms with Gasteiger partial charge in [0, 0.05) is 18.3 Å². The van der Waals surface area contributed by atoms with Crippen LogP contribution < -0.4 is 0 Å². The average Bonchev–Trinajstić information content (AvgIpc) is 2.26. The van der Waals surface area contributed by atoms with Crippen LogP contribution in [0.2, 0.25) is 0 Å². The number of ether oxygens (including phenoxy) is 1. The quantitative estimate of drug-likeness (QED) is 0.761. The molecule has 4 nitrogen and oxygen atoms in total. The van der Waals surface area contributed by atoms with Crippen LogP contribution in [0, 0.1) is 0 Å². The number of hydrogen-bond acceptors (Lipinski definition) is 4. The standard InChI is InChI=1S/C10H19NO3S/c1-8(12)9(2)15-7-10(13)11-3-5-14-6-4-11/h8-9,12H,3-7H2,1-2H3. The minimum atomic E-state index is -0.368. The summed E-state index contributed by atoms with van der Waals surface area (Å²) in [6.45, 7) is 6.36. The van der Waals surface area contributed by atoms with E-state index < -0.39 is 0 Å². The van der Waals surface area contributed by atoms with Gasteiger partial charge in [0.25, 0.3) is 0 Å². The zero-order valence-electron chi connectivity index (χ0n) is 9.31. The molecule has 1 saturated heterocycles. The van der Waals surface area contributed by atoms with Crippen molar-refractivity contribution in [2.24, 2.45) is 0 Å². The molecule has 0 aliphatic carbocycles. The Bertz CT molecular complexity index is 205. The van der Waals surface area contributed by atoms with Crippen molar-refractivity contribution in [1.29, 1.82) is 0 Å². The Labute approximate surface area is 95.0 Å². The fourth-order valence-corrected chi connectivity index (χ4v) is 2.11. The summed E-state index contributed by atoms with van der Waals surface area (Å²) in [5.41, 5.74) is 0. The van der Waals surface area contributed by atoms with E-state index >= 15 is 0 Å². The molecule has 0 aromatic carbocycles. The zero-order chi connectivity index (χ0) is 11.3. The summed E-state index contributed by atoms with van der Waals surface area (Å²) in [4.78, 5) is 13.5. The second-order valence-corrected chi connectivity index (χ2v) is 5.12. The third-order valence-corrected chi connectivity index (χ3v) is 3.85. The fraction of sp³-hybridized carbons (Fsp3) is 0.900. The molecule has 0 radical (unpaired) electrons. The van der Waals surface area contributed by atoms with Crippen molar-refractivity contribution < 1.29 is 14.6 Å². The van der Waals surface area contributed by atoms with Gasteiger partial charge >= 0.3 is 0 Å². The second-order valence-electron chi connectivity index (χ2n) is 3.75. The van der Waals surface area contributed by atoms with Crippen LogP contribution in [0.3, 0.4) is 0 Å². The first-order chi connectivity index (χ1) is 7.11. The summed E-state index contributed by atoms with van der Waals surface area (Å²) in [7, 11) is 0. The maximum atomic E-state index is 11.7. The summed E-state index contributed by atoms with van der Waals surface area (Å²) in [5, 5.41) is 9.38. The second kappa shape index (κ2) is 6.35. The molecule has 0 aromatic heterocycles. The third-order valence-electron chi connectivity index (χ3n) is 2.51. The van der Waals surface area contributed by atoms with Crippen molar-refractivity contribution in [3.63, 3.8) is 0 Å². The molecule has 1 N–H and O–H groups in total. The topological polar surface area (TPSA) is 49.8 Å². The van der Waals surface area contributed by atoms with Gasteiger partial charge in [0.05, 0.1) is 25.1 Å². The van der Waals surface area contributed by atoms with Crippen LogP contribution in [0.25, 0.3) is 0 Å². The van der Waals surface area contributed by atoms with Crippen LogP contribution in [-0.4, -0.2) is 59.3 Å². The third kappa shape index (κ3) is 4.40. The number of hydrogen-bond donors (Lipinski definition) is 1. The first kappa shape index (κ1) is 12.8. The zero-order valence-corrected chi connectivity index (χ0v) is 10.1. The molecule has 0 saturated carbocycles. The van der Waals surface area contributed by atoms with E-state index in [1.54, 1.807) is 6.92 Å². The molecule has 1 heterocycles. The molecule has 1 rings (SSSR count). The van der Waals surface area contributed by atoms with E-state index in [4.69, 9.17) is 4.74 Å². The molecule has 0 aromatic rings. The lowest BCUT2D eigenvalue weighted by atomic mass is 10.3. The van der Waals surface area contributed by atoms with Crippen molar-refractivity contribution in [2.45, 2.75) is 25.2 Å². The molecule has 2 unspecified atom stereocenters. The van der Waals surface area contributed by atoms with Gasteiger partial charge in [-0.3, -0.25) is 4.79 Å². The largest absolute Gasteiger partial charge is 0.392 e. The highest BCUT2D eigenvalue weighted by molar-refractivity contribution is 8.00. The van der Waals surface area contributed by atoms with Gasteiger partial charge in [-0.15, -0.1) is 11.8 Å². The van der Waals surface area contributed by atoms with Gasteiger partial charge in [-0.25, -0.2) is 0 Å². The maximum Gasteiger partial charge on any atom is 0.232 e. The van der Waals surface area contributed by atoms with E-state index in [1.165, 1.54) is 11.8 Å². The number of nitrogens with zero attached hydrogens (tertiary/aromatic N) is 1. The van der Waals surface area contributed by atoms with Crippen LogP contribution in [-0.2, 0) is 9.53 Å². The van der Waals surface area contributed by atoms with Gasteiger partial charge in [0.15, 0.2) is 0 Å². The maximum absolute atomic E-state index is 11.7. The van der Waals surface area contributed by atoms with Gasteiger partial charge in [-0.2, -0.15) is 0 Å². The number of rotatable bonds is 4. The Kier molecular flexibility index (Phi) is 5.42. The molecule has 1 fully saturated rings. The van der Waals surface area contributed by atoms with Crippen molar-refractivity contribution in [1.82, 2.24) is 4.90 Å². The Morgan fingerprint density at radius 3 is 2.60 bits per heavy atom. The number of carbonyl (C=O) groups excluding carboxylic acids is 1. The summed E-state index contributed by atoms with van der Waals surface area (Å²) in [6.07, 6.45) is -0.368. The van der Waals surface area contributed by atoms with E-state index in [0.29, 0.717) is 32.1 Å². The molecule has 88 valence electrons. The van der Waals surface area contributed by atoms with Crippen LogP contribution in [0.5, 0.6) is 0 Å². The number of aliphatic hydroxyl groups is 1. The van der Waals surface area contributed by atoms with Crippen molar-refractivity contribution in [3.05, 3.63) is 0 Å². The lowest BCUT2D eigenvalue weighted by Gasteiger charge is -2.27. The molecule has 15 heavy (non-hydrogen) atoms. The Morgan fingerprint density at radius 2 is 2.07 bits per heavy atom. The lowest BCUT2D eigenvalue weighted by molar-refractivity contribution is -0.132. The molecule has 2 atom stereocenters. The van der Waals surface area contributed by atoms with Gasteiger partial charge < -0.3 is 14.7 Å². The van der Waals surface area contributed by atoms with E-state index in [9.17, 15) is 9.90 Å². The van der Waals surface area contributed by atoms with Crippen LogP contribution in [0.4, 0.5) is 0 Å². The molecular formula is C10H19NO3S. The molecule has 5 heteroatoms. The monoisotopic (exact) mass is 233 g/mol. The Balaban J connectivity index is 2.22. The summed E-state index contributed by atoms with van der Waals surface area (Å²) < 4.78 is 5.17. The number of carbonyl (C=O) groups is 1. The highest BCUT2D eigenvalue weighted by Gasteiger charge is 2.18. The van der Waals surface area contributed by atoms with Crippen molar-refractivity contribution >= 4 is 17.7 Å². The van der Waals surface area contributed by atoms with Crippen LogP contribution in [0.15, 0.2) is 0 Å². The fourth-order valence-electron chi connectivity index (χ4n) is 1.25. The van der Waals surface area contributed by atoms with Gasteiger partial charge in [0.2, 0.25) is 5.91 Å². The van der Waals surface area contributed by atoms with Crippen molar-refractivity contribution in [3.8, 4) is 0 Å². The van der Waals surface area contributed by atoms with E-state index in [0.717, 1.165) is 0 Å². The minimum absolute atomic E-state index is 0.106. The van der Waals surface area contributed by atoms with Crippen LogP contribution >= 0.6 is 11.8 Å². The normalized spacial score (nSPS) is 21.1.